The van der Waals surface area contributed by atoms with Crippen molar-refractivity contribution in [3.05, 3.63) is 82.0 Å². The average molecular weight is 1120 g/mol. The Balaban J connectivity index is 0.000000103. The summed E-state index contributed by atoms with van der Waals surface area (Å²) < 4.78 is 0. The van der Waals surface area contributed by atoms with Crippen molar-refractivity contribution in [3.63, 3.8) is 0 Å². The predicted molar refractivity (Wildman–Crippen MR) is 323 cm³/mol. The summed E-state index contributed by atoms with van der Waals surface area (Å²) in [6, 6.07) is 11.9. The van der Waals surface area contributed by atoms with Gasteiger partial charge in [0.1, 0.15) is 11.5 Å². The Morgan fingerprint density at radius 3 is 1.52 bits per heavy atom. The number of aliphatic hydroxyl groups excluding tert-OH is 4. The fourth-order valence-corrected chi connectivity index (χ4v) is 24.1. The molecule has 8 heteroatoms. The van der Waals surface area contributed by atoms with Crippen LogP contribution in [-0.4, -0.2) is 66.6 Å². The maximum Gasteiger partial charge on any atom is 0.155 e. The molecule has 14 aliphatic rings. The van der Waals surface area contributed by atoms with Crippen molar-refractivity contribution >= 4 is 11.6 Å². The van der Waals surface area contributed by atoms with Crippen LogP contribution in [0.2, 0.25) is 0 Å². The van der Waals surface area contributed by atoms with Gasteiger partial charge in [0.2, 0.25) is 0 Å². The van der Waals surface area contributed by atoms with Crippen LogP contribution in [0.25, 0.3) is 0 Å². The molecule has 2 aromatic rings. The van der Waals surface area contributed by atoms with Crippen molar-refractivity contribution in [2.45, 2.75) is 251 Å². The van der Waals surface area contributed by atoms with E-state index in [0.29, 0.717) is 64.5 Å². The highest BCUT2D eigenvalue weighted by Crippen LogP contribution is 2.67. The van der Waals surface area contributed by atoms with E-state index >= 15 is 0 Å². The van der Waals surface area contributed by atoms with E-state index in [1.165, 1.54) is 123 Å². The molecule has 0 bridgehead atoms. The van der Waals surface area contributed by atoms with Crippen LogP contribution in [0.3, 0.4) is 0 Å². The van der Waals surface area contributed by atoms with Crippen molar-refractivity contribution in [2.24, 2.45) is 98.1 Å². The van der Waals surface area contributed by atoms with Crippen LogP contribution in [0.5, 0.6) is 11.5 Å². The van der Waals surface area contributed by atoms with E-state index in [-0.39, 0.29) is 51.5 Å². The number of carbonyl (C=O) groups excluding carboxylic acids is 2. The van der Waals surface area contributed by atoms with Crippen molar-refractivity contribution in [1.82, 2.24) is 0 Å². The van der Waals surface area contributed by atoms with Gasteiger partial charge in [-0.05, 0) is 329 Å². The first-order valence-electron chi connectivity index (χ1n) is 34.0. The van der Waals surface area contributed by atoms with Crippen LogP contribution in [0.4, 0.5) is 0 Å². The molecule has 23 unspecified atom stereocenters. The van der Waals surface area contributed by atoms with Crippen LogP contribution >= 0.6 is 0 Å². The quantitative estimate of drug-likeness (QED) is 0.152. The minimum Gasteiger partial charge on any atom is -0.508 e. The van der Waals surface area contributed by atoms with E-state index in [1.807, 2.05) is 36.4 Å². The zero-order chi connectivity index (χ0) is 57.4. The molecule has 8 nitrogen and oxygen atoms in total. The summed E-state index contributed by atoms with van der Waals surface area (Å²) in [6.45, 7) is 14.0. The molecule has 448 valence electrons. The fourth-order valence-electron chi connectivity index (χ4n) is 24.1. The first kappa shape index (κ1) is 57.8. The van der Waals surface area contributed by atoms with E-state index in [2.05, 4.69) is 53.7 Å². The number of hydrogen-bond acceptors (Lipinski definition) is 8. The largest absolute Gasteiger partial charge is 0.508 e. The topological polar surface area (TPSA) is 156 Å². The van der Waals surface area contributed by atoms with E-state index < -0.39 is 0 Å². The molecule has 0 radical (unpaired) electrons. The maximum atomic E-state index is 11.8. The van der Waals surface area contributed by atoms with E-state index in [0.717, 1.165) is 125 Å². The standard InChI is InChI=1S/C19H26O2.C19H28O2.C18H26O2.C18H24O2/c1-11-9-17-16-5-3-12-10-13(20)4-6-14(12)15(16)7-8-19(17,2)18(11)21;1-18-9-7-13(20)11-12(18)3-4-14-15-5-6-17(21)19(15,2)10-8-16(14)18;2*1-18-9-8-14-13-5-3-12(19)10-11(13)2-4-15(14)16(18)6-7-17(18)20/h4,6,10-11,15-18,20-21H,3,5,7-9H2,1-2H3;11,14-17,21H,3-10H2,1-2H3;10,13-17,20H,2-9H2,1H3;3,5,10,14-17,19-20H,2,4,6-9H2,1H3. The molecule has 0 aliphatic heterocycles. The number of phenols is 2. The molecular weight excluding hydrogens is 1020 g/mol. The van der Waals surface area contributed by atoms with Gasteiger partial charge in [0.05, 0.1) is 24.4 Å². The van der Waals surface area contributed by atoms with Crippen molar-refractivity contribution < 1.29 is 40.2 Å². The number of carbonyl (C=O) groups is 2. The third kappa shape index (κ3) is 9.36. The predicted octanol–water partition coefficient (Wildman–Crippen LogP) is 14.8. The van der Waals surface area contributed by atoms with Gasteiger partial charge in [-0.3, -0.25) is 9.59 Å². The summed E-state index contributed by atoms with van der Waals surface area (Å²) in [4.78, 5) is 23.4. The van der Waals surface area contributed by atoms with E-state index in [1.54, 1.807) is 0 Å². The summed E-state index contributed by atoms with van der Waals surface area (Å²) in [6.07, 6.45) is 34.1. The number of aliphatic hydroxyl groups is 4. The zero-order valence-corrected chi connectivity index (χ0v) is 51.1. The number of fused-ring (bicyclic) bond motifs is 20. The van der Waals surface area contributed by atoms with Gasteiger partial charge in [-0.2, -0.15) is 0 Å². The lowest BCUT2D eigenvalue weighted by molar-refractivity contribution is -0.118. The Bertz CT molecular complexity index is 2830. The second-order valence-corrected chi connectivity index (χ2v) is 32.0. The number of aryl methyl sites for hydroxylation is 2. The monoisotopic (exact) mass is 1120 g/mol. The highest BCUT2D eigenvalue weighted by Gasteiger charge is 2.61. The van der Waals surface area contributed by atoms with E-state index in [4.69, 9.17) is 0 Å². The second-order valence-electron chi connectivity index (χ2n) is 32.0. The molecule has 0 saturated heterocycles. The molecule has 0 amide bonds. The summed E-state index contributed by atoms with van der Waals surface area (Å²) in [7, 11) is 0. The number of ketones is 2. The lowest BCUT2D eigenvalue weighted by Crippen LogP contribution is -2.51. The molecule has 16 rings (SSSR count). The Morgan fingerprint density at radius 1 is 0.415 bits per heavy atom. The fraction of sp³-hybridized carbons (Fsp3) is 0.757. The number of allylic oxidation sites excluding steroid dienone is 2. The molecule has 0 spiro atoms. The number of phenolic OH excluding ortho intramolecular Hbond substituents is 2. The van der Waals surface area contributed by atoms with Gasteiger partial charge >= 0.3 is 0 Å². The first-order valence-corrected chi connectivity index (χ1v) is 34.0. The third-order valence-corrected chi connectivity index (χ3v) is 28.8. The highest BCUT2D eigenvalue weighted by atomic mass is 16.3. The van der Waals surface area contributed by atoms with Gasteiger partial charge in [0.25, 0.3) is 0 Å². The van der Waals surface area contributed by atoms with Gasteiger partial charge in [-0.25, -0.2) is 0 Å². The molecule has 14 aliphatic carbocycles. The third-order valence-electron chi connectivity index (χ3n) is 28.8. The zero-order valence-electron chi connectivity index (χ0n) is 51.1. The van der Waals surface area contributed by atoms with Gasteiger partial charge in [-0.15, -0.1) is 0 Å². The summed E-state index contributed by atoms with van der Waals surface area (Å²) in [5.74, 6) is 11.3. The number of aromatic hydroxyl groups is 2. The van der Waals surface area contributed by atoms with Gasteiger partial charge in [0.15, 0.2) is 11.6 Å². The lowest BCUT2D eigenvalue weighted by Gasteiger charge is -2.57. The molecule has 2 aromatic carbocycles. The minimum absolute atomic E-state index is 0.0710. The average Bonchev–Trinajstić information content (AvgIpc) is 2.51. The van der Waals surface area contributed by atoms with Crippen molar-refractivity contribution in [3.8, 4) is 11.5 Å². The summed E-state index contributed by atoms with van der Waals surface area (Å²) in [5.41, 5.74) is 9.49. The SMILES string of the molecule is CC12CCC(=O)C=C1CCC1C2CCC2(C)C(O)CCC12.CC12CCC3C4CCC(=O)C=C4CCC3C1CCC2O.CC12CCC3c4ccc(O)cc4CCC3C1CCC2O.CC1CC2C3CCc4cc(O)ccc4C3CCC2(C)C1O. The molecule has 10 saturated carbocycles. The number of benzene rings is 2. The molecule has 0 heterocycles. The number of rotatable bonds is 0. The van der Waals surface area contributed by atoms with Gasteiger partial charge < -0.3 is 30.6 Å². The molecule has 0 aromatic heterocycles. The Kier molecular flexibility index (Phi) is 15.2. The summed E-state index contributed by atoms with van der Waals surface area (Å²) in [5, 5.41) is 61.2. The normalized spacial score (nSPS) is 47.8. The molecule has 10 fully saturated rings. The van der Waals surface area contributed by atoms with Crippen LogP contribution in [-0.2, 0) is 22.4 Å². The van der Waals surface area contributed by atoms with Crippen LogP contribution in [0.15, 0.2) is 59.7 Å². The van der Waals surface area contributed by atoms with Crippen LogP contribution < -0.4 is 0 Å². The second kappa shape index (κ2) is 21.5. The highest BCUT2D eigenvalue weighted by molar-refractivity contribution is 5.92. The molecule has 82 heavy (non-hydrogen) atoms. The maximum absolute atomic E-state index is 11.8. The van der Waals surface area contributed by atoms with Crippen molar-refractivity contribution in [1.29, 1.82) is 0 Å². The molecular formula is C74H104O8. The smallest absolute Gasteiger partial charge is 0.155 e. The van der Waals surface area contributed by atoms with Crippen LogP contribution in [0.1, 0.15) is 236 Å². The Morgan fingerprint density at radius 2 is 0.915 bits per heavy atom. The van der Waals surface area contributed by atoms with Crippen LogP contribution in [0, 0.1) is 98.1 Å². The summed E-state index contributed by atoms with van der Waals surface area (Å²) >= 11 is 0. The first-order chi connectivity index (χ1) is 39.1. The molecule has 6 N–H and O–H groups in total. The lowest BCUT2D eigenvalue weighted by atomic mass is 9.47. The van der Waals surface area contributed by atoms with Gasteiger partial charge in [-0.1, -0.05) is 64.8 Å². The Labute approximate surface area is 492 Å². The van der Waals surface area contributed by atoms with E-state index in [9.17, 15) is 40.2 Å². The Hall–Kier alpha value is -3.30. The molecule has 23 atom stereocenters. The van der Waals surface area contributed by atoms with Crippen molar-refractivity contribution in [2.75, 3.05) is 0 Å². The van der Waals surface area contributed by atoms with Gasteiger partial charge in [0, 0.05) is 12.8 Å². The minimum atomic E-state index is -0.121. The number of hydrogen-bond donors (Lipinski definition) is 6.